The number of benzene rings is 2. The molecule has 1 aromatic heterocycles. The van der Waals surface area contributed by atoms with Crippen LogP contribution in [-0.4, -0.2) is 15.8 Å². The number of carbonyl (C=O) groups is 1. The summed E-state index contributed by atoms with van der Waals surface area (Å²) in [5.41, 5.74) is 8.55. The van der Waals surface area contributed by atoms with Crippen LogP contribution in [0, 0.1) is 5.82 Å². The molecule has 0 bridgehead atoms. The van der Waals surface area contributed by atoms with E-state index in [0.29, 0.717) is 28.2 Å². The summed E-state index contributed by atoms with van der Waals surface area (Å²) in [6.45, 7) is 0. The smallest absolute Gasteiger partial charge is 0.258 e. The number of anilines is 2. The maximum atomic E-state index is 13.5. The van der Waals surface area contributed by atoms with Crippen LogP contribution in [0.3, 0.4) is 0 Å². The number of fused-ring (bicyclic) bond motifs is 3. The van der Waals surface area contributed by atoms with Gasteiger partial charge in [0.2, 0.25) is 5.95 Å². The van der Waals surface area contributed by atoms with Crippen LogP contribution in [-0.2, 0) is 0 Å². The molecule has 0 amide bonds. The van der Waals surface area contributed by atoms with Gasteiger partial charge in [-0.15, -0.1) is 0 Å². The first-order chi connectivity index (χ1) is 13.0. The molecule has 1 aliphatic heterocycles. The fraction of sp³-hybridized carbons (Fsp3) is 0.0500. The highest BCUT2D eigenvalue weighted by Crippen LogP contribution is 2.47. The van der Waals surface area contributed by atoms with Crippen LogP contribution >= 0.6 is 0 Å². The van der Waals surface area contributed by atoms with Crippen LogP contribution in [0.2, 0.25) is 0 Å². The third-order valence-corrected chi connectivity index (χ3v) is 4.95. The molecule has 132 valence electrons. The Balaban J connectivity index is 1.83. The Morgan fingerprint density at radius 3 is 2.44 bits per heavy atom. The Morgan fingerprint density at radius 1 is 1.00 bits per heavy atom. The third-order valence-electron chi connectivity index (χ3n) is 4.95. The first-order valence-electron chi connectivity index (χ1n) is 8.35. The summed E-state index contributed by atoms with van der Waals surface area (Å²) in [6.07, 6.45) is 0. The summed E-state index contributed by atoms with van der Waals surface area (Å²) >= 11 is 0. The van der Waals surface area contributed by atoms with E-state index in [1.165, 1.54) is 12.1 Å². The molecule has 0 spiro atoms. The Morgan fingerprint density at radius 2 is 1.70 bits per heavy atom. The molecule has 0 radical (unpaired) electrons. The van der Waals surface area contributed by atoms with Gasteiger partial charge >= 0.3 is 0 Å². The van der Waals surface area contributed by atoms with E-state index >= 15 is 0 Å². The van der Waals surface area contributed by atoms with Gasteiger partial charge in [-0.05, 0) is 17.7 Å². The maximum Gasteiger partial charge on any atom is 0.258 e. The predicted molar refractivity (Wildman–Crippen MR) is 98.8 cm³/mol. The van der Waals surface area contributed by atoms with Gasteiger partial charge in [0.25, 0.3) is 5.56 Å². The number of H-pyrrole nitrogens is 1. The minimum absolute atomic E-state index is 0.0224. The van der Waals surface area contributed by atoms with Crippen molar-refractivity contribution >= 4 is 23.2 Å². The number of aromatic nitrogens is 2. The number of aromatic amines is 1. The number of hydrogen-bond acceptors (Lipinski definition) is 5. The van der Waals surface area contributed by atoms with Crippen molar-refractivity contribution in [2.24, 2.45) is 0 Å². The lowest BCUT2D eigenvalue weighted by Crippen LogP contribution is -2.28. The summed E-state index contributed by atoms with van der Waals surface area (Å²) in [7, 11) is 0. The first-order valence-corrected chi connectivity index (χ1v) is 8.35. The number of Topliss-reactive ketones (excluding diaryl/α,β-unsaturated/α-hetero) is 1. The van der Waals surface area contributed by atoms with Crippen LogP contribution in [0.25, 0.3) is 5.70 Å². The molecule has 0 saturated heterocycles. The molecule has 27 heavy (non-hydrogen) atoms. The van der Waals surface area contributed by atoms with E-state index in [9.17, 15) is 14.0 Å². The fourth-order valence-corrected chi connectivity index (χ4v) is 3.83. The zero-order valence-corrected chi connectivity index (χ0v) is 13.9. The highest BCUT2D eigenvalue weighted by atomic mass is 19.1. The second-order valence-electron chi connectivity index (χ2n) is 6.49. The van der Waals surface area contributed by atoms with E-state index in [2.05, 4.69) is 15.3 Å². The van der Waals surface area contributed by atoms with Crippen LogP contribution in [0.4, 0.5) is 16.2 Å². The SMILES string of the molecule is Nc1nc2c(c(=O)[nH]1)[C@H](c1ccc(F)cc1)C1=C(N2)c2ccccc2C1=O. The number of nitrogens with one attached hydrogen (secondary N) is 2. The summed E-state index contributed by atoms with van der Waals surface area (Å²) in [5.74, 6) is -0.954. The normalized spacial score (nSPS) is 17.2. The van der Waals surface area contributed by atoms with Crippen LogP contribution in [0.1, 0.15) is 33.0 Å². The quantitative estimate of drug-likeness (QED) is 0.619. The van der Waals surface area contributed by atoms with Gasteiger partial charge in [0.1, 0.15) is 11.6 Å². The number of nitrogens with two attached hydrogens (primary N) is 1. The number of nitrogen functional groups attached to an aromatic ring is 1. The van der Waals surface area contributed by atoms with Gasteiger partial charge in [-0.3, -0.25) is 14.6 Å². The van der Waals surface area contributed by atoms with Crippen LogP contribution < -0.4 is 16.6 Å². The van der Waals surface area contributed by atoms with Crippen LogP contribution in [0.5, 0.6) is 0 Å². The highest BCUT2D eigenvalue weighted by Gasteiger charge is 2.41. The highest BCUT2D eigenvalue weighted by molar-refractivity contribution is 6.23. The lowest BCUT2D eigenvalue weighted by Gasteiger charge is -2.27. The van der Waals surface area contributed by atoms with Crippen molar-refractivity contribution < 1.29 is 9.18 Å². The van der Waals surface area contributed by atoms with E-state index in [4.69, 9.17) is 5.73 Å². The molecule has 2 aromatic carbocycles. The molecular weight excluding hydrogens is 347 g/mol. The summed E-state index contributed by atoms with van der Waals surface area (Å²) in [6, 6.07) is 13.0. The standard InChI is InChI=1S/C20H13FN4O2/c21-10-7-5-9(6-8-10)13-14-16(11-3-1-2-4-12(11)17(14)26)23-18-15(13)19(27)25-20(22)24-18/h1-8,13H,(H4,22,23,24,25,27)/t13-/m1/s1. The second-order valence-corrected chi connectivity index (χ2v) is 6.49. The molecule has 0 fully saturated rings. The van der Waals surface area contributed by atoms with Crippen molar-refractivity contribution in [2.45, 2.75) is 5.92 Å². The predicted octanol–water partition coefficient (Wildman–Crippen LogP) is 2.66. The van der Waals surface area contributed by atoms with Gasteiger partial charge in [0, 0.05) is 22.6 Å². The molecule has 0 unspecified atom stereocenters. The lowest BCUT2D eigenvalue weighted by molar-refractivity contribution is 0.103. The number of ketones is 1. The molecule has 7 heteroatoms. The van der Waals surface area contributed by atoms with Gasteiger partial charge in [0.15, 0.2) is 5.78 Å². The first kappa shape index (κ1) is 15.5. The van der Waals surface area contributed by atoms with Crippen molar-refractivity contribution in [3.05, 3.63) is 92.5 Å². The molecule has 5 rings (SSSR count). The van der Waals surface area contributed by atoms with Crippen molar-refractivity contribution in [3.8, 4) is 0 Å². The average Bonchev–Trinajstić information content (AvgIpc) is 2.93. The van der Waals surface area contributed by atoms with E-state index in [1.807, 2.05) is 12.1 Å². The van der Waals surface area contributed by atoms with Gasteiger partial charge in [-0.2, -0.15) is 4.98 Å². The van der Waals surface area contributed by atoms with Gasteiger partial charge < -0.3 is 11.1 Å². The summed E-state index contributed by atoms with van der Waals surface area (Å²) < 4.78 is 13.5. The number of hydrogen-bond donors (Lipinski definition) is 3. The van der Waals surface area contributed by atoms with Crippen molar-refractivity contribution in [2.75, 3.05) is 11.1 Å². The van der Waals surface area contributed by atoms with Crippen molar-refractivity contribution in [1.82, 2.24) is 9.97 Å². The van der Waals surface area contributed by atoms with Gasteiger partial charge in [-0.25, -0.2) is 4.39 Å². The molecule has 0 saturated carbocycles. The second kappa shape index (κ2) is 5.38. The van der Waals surface area contributed by atoms with Crippen molar-refractivity contribution in [1.29, 1.82) is 0 Å². The van der Waals surface area contributed by atoms with E-state index in [0.717, 1.165) is 5.56 Å². The minimum atomic E-state index is -0.673. The molecule has 1 atom stereocenters. The molecule has 3 aromatic rings. The minimum Gasteiger partial charge on any atom is -0.369 e. The monoisotopic (exact) mass is 360 g/mol. The molecule has 1 aliphatic carbocycles. The molecule has 6 nitrogen and oxygen atoms in total. The van der Waals surface area contributed by atoms with Crippen LogP contribution in [0.15, 0.2) is 58.9 Å². The molecule has 2 aliphatic rings. The van der Waals surface area contributed by atoms with E-state index in [-0.39, 0.29) is 17.3 Å². The number of rotatable bonds is 1. The fourth-order valence-electron chi connectivity index (χ4n) is 3.83. The number of allylic oxidation sites excluding steroid dienone is 1. The molecule has 4 N–H and O–H groups in total. The summed E-state index contributed by atoms with van der Waals surface area (Å²) in [5, 5.41) is 3.11. The number of nitrogens with zero attached hydrogens (tertiary/aromatic N) is 1. The molecule has 2 heterocycles. The molecular formula is C20H13FN4O2. The Labute approximate surface area is 152 Å². The van der Waals surface area contributed by atoms with E-state index < -0.39 is 17.3 Å². The third kappa shape index (κ3) is 2.15. The Kier molecular flexibility index (Phi) is 3.09. The number of carbonyl (C=O) groups excluding carboxylic acids is 1. The van der Waals surface area contributed by atoms with Gasteiger partial charge in [-0.1, -0.05) is 36.4 Å². The average molecular weight is 360 g/mol. The Hall–Kier alpha value is -3.74. The van der Waals surface area contributed by atoms with Gasteiger partial charge in [0.05, 0.1) is 11.3 Å². The zero-order chi connectivity index (χ0) is 18.7. The number of halogens is 1. The Bertz CT molecular complexity index is 1210. The van der Waals surface area contributed by atoms with E-state index in [1.54, 1.807) is 24.3 Å². The largest absolute Gasteiger partial charge is 0.369 e. The zero-order valence-electron chi connectivity index (χ0n) is 13.9. The summed E-state index contributed by atoms with van der Waals surface area (Å²) in [4.78, 5) is 32.5. The van der Waals surface area contributed by atoms with Crippen molar-refractivity contribution in [3.63, 3.8) is 0 Å². The topological polar surface area (TPSA) is 101 Å². The maximum absolute atomic E-state index is 13.5. The lowest BCUT2D eigenvalue weighted by atomic mass is 9.81.